The first-order valence-electron chi connectivity index (χ1n) is 23.0. The second kappa shape index (κ2) is 15.2. The van der Waals surface area contributed by atoms with Crippen molar-refractivity contribution in [3.63, 3.8) is 0 Å². The van der Waals surface area contributed by atoms with Gasteiger partial charge in [0, 0.05) is 49.2 Å². The summed E-state index contributed by atoms with van der Waals surface area (Å²) in [7, 11) is 0. The predicted molar refractivity (Wildman–Crippen MR) is 279 cm³/mol. The van der Waals surface area contributed by atoms with Crippen molar-refractivity contribution in [3.8, 4) is 62.1 Å². The summed E-state index contributed by atoms with van der Waals surface area (Å²) < 4.78 is 13.7. The van der Waals surface area contributed by atoms with Gasteiger partial charge in [0.05, 0.1) is 44.5 Å². The summed E-state index contributed by atoms with van der Waals surface area (Å²) in [6, 6.07) is 84.1. The van der Waals surface area contributed by atoms with Gasteiger partial charge in [0.25, 0.3) is 0 Å². The summed E-state index contributed by atoms with van der Waals surface area (Å²) in [6.45, 7) is 0. The van der Waals surface area contributed by atoms with Gasteiger partial charge in [-0.2, -0.15) is 0 Å². The van der Waals surface area contributed by atoms with Crippen LogP contribution in [0.15, 0.2) is 241 Å². The molecule has 0 bridgehead atoms. The third kappa shape index (κ3) is 5.77. The van der Waals surface area contributed by atoms with E-state index in [1.165, 1.54) is 5.39 Å². The molecule has 0 radical (unpaired) electrons. The van der Waals surface area contributed by atoms with Crippen LogP contribution in [0.1, 0.15) is 0 Å². The fraction of sp³-hybridized carbons (Fsp3) is 0. The Hall–Kier alpha value is -9.26. The highest BCUT2D eigenvalue weighted by molar-refractivity contribution is 6.24. The lowest BCUT2D eigenvalue weighted by Crippen LogP contribution is -2.01. The fourth-order valence-electron chi connectivity index (χ4n) is 10.6. The minimum absolute atomic E-state index is 0.793. The highest BCUT2D eigenvalue weighted by Gasteiger charge is 2.23. The van der Waals surface area contributed by atoms with Gasteiger partial charge in [-0.15, -0.1) is 10.2 Å². The Kier molecular flexibility index (Phi) is 8.48. The average Bonchev–Trinajstić information content (AvgIpc) is 4.19. The van der Waals surface area contributed by atoms with Gasteiger partial charge in [-0.1, -0.05) is 170 Å². The SMILES string of the molecule is c1ccc(-c2nnc(-c3ccccc3)n2-c2ccc3c(c2)c2ccccc2n3-c2ccccc2-c2cccc(-c3ccccc3-n3c4ccccc4c4c5oc6ccccc6c5ccc43)c2)cc1. The molecule has 4 heterocycles. The number of hydrogen-bond acceptors (Lipinski definition) is 3. The second-order valence-corrected chi connectivity index (χ2v) is 17.4. The van der Waals surface area contributed by atoms with Crippen LogP contribution in [0, 0.1) is 0 Å². The van der Waals surface area contributed by atoms with Crippen molar-refractivity contribution in [2.24, 2.45) is 0 Å². The van der Waals surface area contributed by atoms with E-state index in [-0.39, 0.29) is 0 Å². The number of benzene rings is 10. The normalized spacial score (nSPS) is 11.8. The topological polar surface area (TPSA) is 53.7 Å². The van der Waals surface area contributed by atoms with Crippen molar-refractivity contribution in [2.45, 2.75) is 0 Å². The molecule has 68 heavy (non-hydrogen) atoms. The lowest BCUT2D eigenvalue weighted by molar-refractivity contribution is 0.673. The maximum Gasteiger partial charge on any atom is 0.168 e. The Bertz CT molecular complexity index is 4210. The van der Waals surface area contributed by atoms with Gasteiger partial charge < -0.3 is 13.6 Å². The molecule has 0 aliphatic carbocycles. The molecule has 318 valence electrons. The number of para-hydroxylation sites is 5. The molecule has 0 saturated heterocycles. The lowest BCUT2D eigenvalue weighted by Gasteiger charge is -2.17. The third-order valence-corrected chi connectivity index (χ3v) is 13.6. The van der Waals surface area contributed by atoms with E-state index in [9.17, 15) is 0 Å². The molecule has 4 aromatic heterocycles. The fourth-order valence-corrected chi connectivity index (χ4v) is 10.6. The number of rotatable bonds is 7. The molecule has 0 unspecified atom stereocenters. The van der Waals surface area contributed by atoms with Crippen molar-refractivity contribution in [3.05, 3.63) is 237 Å². The summed E-state index contributed by atoms with van der Waals surface area (Å²) in [6.07, 6.45) is 0. The maximum absolute atomic E-state index is 6.64. The highest BCUT2D eigenvalue weighted by Crippen LogP contribution is 2.44. The number of aromatic nitrogens is 5. The quantitative estimate of drug-likeness (QED) is 0.160. The number of fused-ring (bicyclic) bond motifs is 10. The van der Waals surface area contributed by atoms with E-state index in [1.807, 2.05) is 42.5 Å². The van der Waals surface area contributed by atoms with Crippen LogP contribution in [0.2, 0.25) is 0 Å². The standard InChI is InChI=1S/C62H39N5O/c1-3-18-40(19-4-1)61-63-64-62(41-20-5-2-6-21-41)65(61)44-34-36-56-51(39-44)47-26-9-14-31-54(47)66(56)52-29-12-7-24-45(52)42-22-17-23-43(38-42)46-25-8-13-30-53(46)67-55-32-15-10-28-50(55)59-57(67)37-35-49-48-27-11-16-33-58(48)68-60(49)59/h1-39H. The molecule has 6 heteroatoms. The van der Waals surface area contributed by atoms with Crippen LogP contribution in [-0.2, 0) is 0 Å². The molecule has 14 aromatic rings. The second-order valence-electron chi connectivity index (χ2n) is 17.4. The molecule has 0 atom stereocenters. The van der Waals surface area contributed by atoms with E-state index < -0.39 is 0 Å². The smallest absolute Gasteiger partial charge is 0.168 e. The molecule has 0 spiro atoms. The van der Waals surface area contributed by atoms with Crippen LogP contribution >= 0.6 is 0 Å². The molecular formula is C62H39N5O. The molecule has 0 fully saturated rings. The Morgan fingerprint density at radius 3 is 1.49 bits per heavy atom. The summed E-state index contributed by atoms with van der Waals surface area (Å²) >= 11 is 0. The average molecular weight is 870 g/mol. The van der Waals surface area contributed by atoms with Crippen molar-refractivity contribution >= 4 is 65.6 Å². The van der Waals surface area contributed by atoms with Crippen LogP contribution in [0.5, 0.6) is 0 Å². The molecule has 0 amide bonds. The van der Waals surface area contributed by atoms with Gasteiger partial charge >= 0.3 is 0 Å². The van der Waals surface area contributed by atoms with Crippen LogP contribution in [0.4, 0.5) is 0 Å². The van der Waals surface area contributed by atoms with E-state index in [0.717, 1.165) is 122 Å². The van der Waals surface area contributed by atoms with Crippen molar-refractivity contribution in [1.29, 1.82) is 0 Å². The first-order chi connectivity index (χ1) is 33.8. The van der Waals surface area contributed by atoms with Crippen molar-refractivity contribution in [2.75, 3.05) is 0 Å². The van der Waals surface area contributed by atoms with Crippen LogP contribution in [-0.4, -0.2) is 23.9 Å². The zero-order valence-electron chi connectivity index (χ0n) is 36.7. The van der Waals surface area contributed by atoms with E-state index >= 15 is 0 Å². The molecule has 0 aliphatic rings. The summed E-state index contributed by atoms with van der Waals surface area (Å²) in [4.78, 5) is 0. The molecule has 10 aromatic carbocycles. The monoisotopic (exact) mass is 869 g/mol. The molecule has 0 aliphatic heterocycles. The lowest BCUT2D eigenvalue weighted by atomic mass is 9.96. The number of furan rings is 1. The van der Waals surface area contributed by atoms with E-state index in [2.05, 4.69) is 208 Å². The molecule has 6 nitrogen and oxygen atoms in total. The van der Waals surface area contributed by atoms with Crippen LogP contribution in [0.25, 0.3) is 128 Å². The van der Waals surface area contributed by atoms with Gasteiger partial charge in [0.1, 0.15) is 11.2 Å². The van der Waals surface area contributed by atoms with Crippen LogP contribution < -0.4 is 0 Å². The van der Waals surface area contributed by atoms with Crippen LogP contribution in [0.3, 0.4) is 0 Å². The number of nitrogens with zero attached hydrogens (tertiary/aromatic N) is 5. The number of hydrogen-bond donors (Lipinski definition) is 0. The molecule has 0 saturated carbocycles. The van der Waals surface area contributed by atoms with Gasteiger partial charge in [-0.25, -0.2) is 0 Å². The summed E-state index contributed by atoms with van der Waals surface area (Å²) in [5, 5.41) is 16.4. The van der Waals surface area contributed by atoms with Crippen molar-refractivity contribution < 1.29 is 4.42 Å². The molecular weight excluding hydrogens is 831 g/mol. The largest absolute Gasteiger partial charge is 0.455 e. The minimum Gasteiger partial charge on any atom is -0.455 e. The van der Waals surface area contributed by atoms with E-state index in [0.29, 0.717) is 0 Å². The molecule has 14 rings (SSSR count). The van der Waals surface area contributed by atoms with Gasteiger partial charge in [0.2, 0.25) is 0 Å². The summed E-state index contributed by atoms with van der Waals surface area (Å²) in [5.41, 5.74) is 16.1. The zero-order chi connectivity index (χ0) is 44.7. The van der Waals surface area contributed by atoms with Crippen molar-refractivity contribution in [1.82, 2.24) is 23.9 Å². The first-order valence-corrected chi connectivity index (χ1v) is 23.0. The van der Waals surface area contributed by atoms with E-state index in [1.54, 1.807) is 0 Å². The Morgan fingerprint density at radius 2 is 0.809 bits per heavy atom. The Balaban J connectivity index is 0.924. The highest BCUT2D eigenvalue weighted by atomic mass is 16.3. The van der Waals surface area contributed by atoms with Gasteiger partial charge in [0.15, 0.2) is 11.6 Å². The maximum atomic E-state index is 6.64. The van der Waals surface area contributed by atoms with E-state index in [4.69, 9.17) is 14.6 Å². The zero-order valence-corrected chi connectivity index (χ0v) is 36.7. The first kappa shape index (κ1) is 38.1. The Labute approximate surface area is 390 Å². The van der Waals surface area contributed by atoms with Gasteiger partial charge in [-0.3, -0.25) is 4.57 Å². The summed E-state index contributed by atoms with van der Waals surface area (Å²) in [5.74, 6) is 1.59. The third-order valence-electron chi connectivity index (χ3n) is 13.6. The Morgan fingerprint density at radius 1 is 0.309 bits per heavy atom. The predicted octanol–water partition coefficient (Wildman–Crippen LogP) is 16.0. The molecule has 0 N–H and O–H groups in total. The van der Waals surface area contributed by atoms with Gasteiger partial charge in [-0.05, 0) is 77.9 Å². The minimum atomic E-state index is 0.793.